The van der Waals surface area contributed by atoms with Gasteiger partial charge < -0.3 is 10.2 Å². The van der Waals surface area contributed by atoms with E-state index < -0.39 is 0 Å². The summed E-state index contributed by atoms with van der Waals surface area (Å²) in [6, 6.07) is 4.67. The van der Waals surface area contributed by atoms with Crippen molar-refractivity contribution in [1.29, 1.82) is 0 Å². The van der Waals surface area contributed by atoms with E-state index in [2.05, 4.69) is 26.1 Å². The molecule has 0 aliphatic rings. The van der Waals surface area contributed by atoms with E-state index >= 15 is 0 Å². The molecule has 0 aliphatic heterocycles. The maximum Gasteiger partial charge on any atom is 0.247 e. The van der Waals surface area contributed by atoms with Crippen molar-refractivity contribution < 1.29 is 8.81 Å². The largest absolute Gasteiger partial charge is 0.421 e. The number of aryl methyl sites for hydroxylation is 1. The Morgan fingerprint density at radius 1 is 1.35 bits per heavy atom. The molecule has 4 nitrogen and oxygen atoms in total. The smallest absolute Gasteiger partial charge is 0.247 e. The lowest BCUT2D eigenvalue weighted by Gasteiger charge is -1.97. The van der Waals surface area contributed by atoms with E-state index in [1.807, 2.05) is 0 Å². The van der Waals surface area contributed by atoms with Gasteiger partial charge in [-0.25, -0.2) is 4.39 Å². The molecule has 17 heavy (non-hydrogen) atoms. The van der Waals surface area contributed by atoms with E-state index in [4.69, 9.17) is 10.2 Å². The number of rotatable bonds is 4. The van der Waals surface area contributed by atoms with Crippen LogP contribution in [-0.2, 0) is 6.42 Å². The van der Waals surface area contributed by atoms with E-state index in [1.165, 1.54) is 6.07 Å². The zero-order valence-corrected chi connectivity index (χ0v) is 10.6. The van der Waals surface area contributed by atoms with E-state index in [0.717, 1.165) is 6.42 Å². The van der Waals surface area contributed by atoms with Crippen molar-refractivity contribution in [3.63, 3.8) is 0 Å². The third kappa shape index (κ3) is 2.89. The fraction of sp³-hybridized carbons (Fsp3) is 0.273. The van der Waals surface area contributed by atoms with Crippen LogP contribution in [0.15, 0.2) is 27.1 Å². The van der Waals surface area contributed by atoms with Crippen molar-refractivity contribution >= 4 is 15.9 Å². The maximum atomic E-state index is 13.3. The fourth-order valence-electron chi connectivity index (χ4n) is 1.35. The molecule has 0 spiro atoms. The van der Waals surface area contributed by atoms with Gasteiger partial charge >= 0.3 is 0 Å². The van der Waals surface area contributed by atoms with Gasteiger partial charge in [-0.1, -0.05) is 0 Å². The van der Waals surface area contributed by atoms with Crippen LogP contribution < -0.4 is 5.73 Å². The molecule has 0 saturated heterocycles. The molecule has 90 valence electrons. The molecule has 0 amide bonds. The van der Waals surface area contributed by atoms with E-state index in [-0.39, 0.29) is 5.82 Å². The first-order valence-electron chi connectivity index (χ1n) is 5.18. The Labute approximate surface area is 106 Å². The standard InChI is InChI=1S/C11H11BrFN3O/c12-8-4-3-7(6-9(8)13)11-16-15-10(17-11)2-1-5-14/h3-4,6H,1-2,5,14H2. The monoisotopic (exact) mass is 299 g/mol. The Morgan fingerprint density at radius 2 is 2.18 bits per heavy atom. The van der Waals surface area contributed by atoms with Crippen LogP contribution in [0.25, 0.3) is 11.5 Å². The molecule has 2 aromatic rings. The summed E-state index contributed by atoms with van der Waals surface area (Å²) in [7, 11) is 0. The highest BCUT2D eigenvalue weighted by atomic mass is 79.9. The van der Waals surface area contributed by atoms with Gasteiger partial charge in [0.1, 0.15) is 5.82 Å². The van der Waals surface area contributed by atoms with Gasteiger partial charge in [0.15, 0.2) is 0 Å². The molecule has 0 radical (unpaired) electrons. The third-order valence-electron chi connectivity index (χ3n) is 2.23. The molecule has 1 aromatic heterocycles. The van der Waals surface area contributed by atoms with Crippen molar-refractivity contribution in [2.75, 3.05) is 6.54 Å². The second-order valence-corrected chi connectivity index (χ2v) is 4.38. The molecular weight excluding hydrogens is 289 g/mol. The van der Waals surface area contributed by atoms with Crippen LogP contribution in [0.4, 0.5) is 4.39 Å². The van der Waals surface area contributed by atoms with E-state index in [0.29, 0.717) is 34.8 Å². The lowest BCUT2D eigenvalue weighted by Crippen LogP contribution is -2.00. The van der Waals surface area contributed by atoms with Crippen LogP contribution >= 0.6 is 15.9 Å². The summed E-state index contributed by atoms with van der Waals surface area (Å²) in [5, 5.41) is 7.75. The first-order chi connectivity index (χ1) is 8.20. The third-order valence-corrected chi connectivity index (χ3v) is 2.87. The molecule has 0 bridgehead atoms. The number of hydrogen-bond donors (Lipinski definition) is 1. The number of aromatic nitrogens is 2. The highest BCUT2D eigenvalue weighted by molar-refractivity contribution is 9.10. The quantitative estimate of drug-likeness (QED) is 0.942. The Morgan fingerprint density at radius 3 is 2.88 bits per heavy atom. The first kappa shape index (κ1) is 12.2. The topological polar surface area (TPSA) is 64.9 Å². The fourth-order valence-corrected chi connectivity index (χ4v) is 1.60. The van der Waals surface area contributed by atoms with Crippen LogP contribution in [0, 0.1) is 5.82 Å². The van der Waals surface area contributed by atoms with Crippen molar-refractivity contribution in [2.45, 2.75) is 12.8 Å². The molecule has 0 fully saturated rings. The summed E-state index contributed by atoms with van der Waals surface area (Å²) in [6.45, 7) is 0.574. The predicted molar refractivity (Wildman–Crippen MR) is 64.8 cm³/mol. The lowest BCUT2D eigenvalue weighted by molar-refractivity contribution is 0.498. The van der Waals surface area contributed by atoms with Crippen LogP contribution in [0.3, 0.4) is 0 Å². The molecule has 0 unspecified atom stereocenters. The molecular formula is C11H11BrFN3O. The average Bonchev–Trinajstić information content (AvgIpc) is 2.79. The van der Waals surface area contributed by atoms with Crippen molar-refractivity contribution in [3.8, 4) is 11.5 Å². The summed E-state index contributed by atoms with van der Waals surface area (Å²) in [4.78, 5) is 0. The van der Waals surface area contributed by atoms with Crippen molar-refractivity contribution in [3.05, 3.63) is 34.4 Å². The minimum atomic E-state index is -0.357. The van der Waals surface area contributed by atoms with Crippen LogP contribution in [0.2, 0.25) is 0 Å². The molecule has 0 saturated carbocycles. The van der Waals surface area contributed by atoms with Gasteiger partial charge in [0, 0.05) is 12.0 Å². The normalized spacial score (nSPS) is 10.8. The SMILES string of the molecule is NCCCc1nnc(-c2ccc(Br)c(F)c2)o1. The van der Waals surface area contributed by atoms with Crippen LogP contribution in [0.1, 0.15) is 12.3 Å². The van der Waals surface area contributed by atoms with Crippen molar-refractivity contribution in [2.24, 2.45) is 5.73 Å². The summed E-state index contributed by atoms with van der Waals surface area (Å²) in [5.74, 6) is 0.487. The van der Waals surface area contributed by atoms with E-state index in [9.17, 15) is 4.39 Å². The first-order valence-corrected chi connectivity index (χ1v) is 5.98. The average molecular weight is 300 g/mol. The molecule has 1 aromatic carbocycles. The number of halogens is 2. The van der Waals surface area contributed by atoms with Crippen LogP contribution in [-0.4, -0.2) is 16.7 Å². The predicted octanol–water partition coefficient (Wildman–Crippen LogP) is 2.53. The van der Waals surface area contributed by atoms with E-state index in [1.54, 1.807) is 12.1 Å². The lowest BCUT2D eigenvalue weighted by atomic mass is 10.2. The van der Waals surface area contributed by atoms with Gasteiger partial charge in [-0.15, -0.1) is 10.2 Å². The second-order valence-electron chi connectivity index (χ2n) is 3.52. The zero-order valence-electron chi connectivity index (χ0n) is 8.99. The summed E-state index contributed by atoms with van der Waals surface area (Å²) in [5.41, 5.74) is 5.95. The Balaban J connectivity index is 2.21. The number of nitrogens with two attached hydrogens (primary N) is 1. The minimum absolute atomic E-state index is 0.323. The van der Waals surface area contributed by atoms with Gasteiger partial charge in [0.25, 0.3) is 0 Å². The second kappa shape index (κ2) is 5.37. The van der Waals surface area contributed by atoms with Gasteiger partial charge in [0.05, 0.1) is 4.47 Å². The number of hydrogen-bond acceptors (Lipinski definition) is 4. The van der Waals surface area contributed by atoms with Gasteiger partial charge in [-0.3, -0.25) is 0 Å². The van der Waals surface area contributed by atoms with Crippen molar-refractivity contribution in [1.82, 2.24) is 10.2 Å². The maximum absolute atomic E-state index is 13.3. The number of benzene rings is 1. The zero-order chi connectivity index (χ0) is 12.3. The summed E-state index contributed by atoms with van der Waals surface area (Å²) >= 11 is 3.09. The summed E-state index contributed by atoms with van der Waals surface area (Å²) in [6.07, 6.45) is 1.43. The molecule has 2 N–H and O–H groups in total. The molecule has 2 rings (SSSR count). The Kier molecular flexibility index (Phi) is 3.86. The molecule has 0 atom stereocenters. The van der Waals surface area contributed by atoms with Crippen LogP contribution in [0.5, 0.6) is 0 Å². The number of nitrogens with zero attached hydrogens (tertiary/aromatic N) is 2. The highest BCUT2D eigenvalue weighted by Gasteiger charge is 2.10. The van der Waals surface area contributed by atoms with Gasteiger partial charge in [0.2, 0.25) is 11.8 Å². The Hall–Kier alpha value is -1.27. The Bertz CT molecular complexity index is 515. The molecule has 6 heteroatoms. The summed E-state index contributed by atoms with van der Waals surface area (Å²) < 4.78 is 19.1. The highest BCUT2D eigenvalue weighted by Crippen LogP contribution is 2.23. The van der Waals surface area contributed by atoms with Gasteiger partial charge in [-0.2, -0.15) is 0 Å². The minimum Gasteiger partial charge on any atom is -0.421 e. The van der Waals surface area contributed by atoms with Gasteiger partial charge in [-0.05, 0) is 47.1 Å². The molecule has 0 aliphatic carbocycles. The molecule has 1 heterocycles.